The van der Waals surface area contributed by atoms with Gasteiger partial charge in [-0.3, -0.25) is 23.1 Å². The van der Waals surface area contributed by atoms with Crippen LogP contribution >= 0.6 is 0 Å². The second-order valence-electron chi connectivity index (χ2n) is 18.9. The van der Waals surface area contributed by atoms with Crippen molar-refractivity contribution >= 4 is 27.7 Å². The molecule has 6 aliphatic rings. The first-order valence-corrected chi connectivity index (χ1v) is 20.0. The average Bonchev–Trinajstić information content (AvgIpc) is 3.40. The van der Waals surface area contributed by atoms with E-state index in [1.165, 1.54) is 18.9 Å². The molecule has 2 N–H and O–H groups in total. The Morgan fingerprint density at radius 2 is 1.57 bits per heavy atom. The van der Waals surface area contributed by atoms with E-state index < -0.39 is 21.4 Å². The zero-order valence-electron chi connectivity index (χ0n) is 31.8. The number of carbonyl (C=O) groups is 3. The first-order valence-electron chi connectivity index (χ1n) is 18.6. The van der Waals surface area contributed by atoms with E-state index in [1.54, 1.807) is 0 Å². The van der Waals surface area contributed by atoms with Crippen LogP contribution in [0, 0.1) is 50.2 Å². The first-order chi connectivity index (χ1) is 22.4. The van der Waals surface area contributed by atoms with E-state index >= 15 is 0 Å². The molecule has 10 atom stereocenters. The van der Waals surface area contributed by atoms with Gasteiger partial charge in [-0.05, 0) is 131 Å². The van der Waals surface area contributed by atoms with E-state index in [1.807, 2.05) is 0 Å². The number of Topliss-reactive ketones (excluding diaryl/α,β-unsaturated/α-hetero) is 2. The fourth-order valence-electron chi connectivity index (χ4n) is 12.7. The summed E-state index contributed by atoms with van der Waals surface area (Å²) in [5, 5.41) is 11.7. The van der Waals surface area contributed by atoms with Gasteiger partial charge < -0.3 is 10.0 Å². The Kier molecular flexibility index (Phi) is 9.74. The smallest absolute Gasteiger partial charge is 0.382 e. The molecule has 0 aromatic carbocycles. The Morgan fingerprint density at radius 3 is 2.12 bits per heavy atom. The van der Waals surface area contributed by atoms with E-state index in [9.17, 15) is 27.9 Å². The Morgan fingerprint density at radius 1 is 0.959 bits per heavy atom. The van der Waals surface area contributed by atoms with Gasteiger partial charge in [0, 0.05) is 29.2 Å². The highest BCUT2D eigenvalue weighted by atomic mass is 32.3. The molecule has 0 amide bonds. The largest absolute Gasteiger partial charge is 0.397 e. The minimum atomic E-state index is -4.16. The molecule has 1 aliphatic heterocycles. The number of hydrogen-bond donors (Lipinski definition) is 2. The normalized spacial score (nSPS) is 46.2. The number of ketones is 3. The number of allylic oxidation sites excluding steroid dienone is 2. The Bertz CT molecular complexity index is 1520. The van der Waals surface area contributed by atoms with Gasteiger partial charge in [-0.1, -0.05) is 54.0 Å². The summed E-state index contributed by atoms with van der Waals surface area (Å²) in [6, 6.07) is 0.376. The van der Waals surface area contributed by atoms with Crippen molar-refractivity contribution < 1.29 is 36.6 Å². The molecule has 0 aromatic heterocycles. The van der Waals surface area contributed by atoms with Gasteiger partial charge in [0.25, 0.3) is 0 Å². The fraction of sp³-hybridized carbons (Fsp3) is 0.872. The second-order valence-corrected chi connectivity index (χ2v) is 20.1. The molecule has 278 valence electrons. The summed E-state index contributed by atoms with van der Waals surface area (Å²) in [6.45, 7) is 18.6. The summed E-state index contributed by atoms with van der Waals surface area (Å²) < 4.78 is 29.7. The number of nitrogens with zero attached hydrogens (tertiary/aromatic N) is 1. The SMILES string of the molecule is CC(=O)[C@]1(O)CC[C@@]2(C)C(CC[C@]3(C)C2C(=O)C=C2[C@H]4C[C@@](C)(C(=O)CC5CCCN5C)CC[C@]4(C)CC[C@]23C)C1(C)C.COS(=O)(=O)O. The van der Waals surface area contributed by atoms with Crippen LogP contribution in [0.2, 0.25) is 0 Å². The molecule has 0 bridgehead atoms. The average molecular weight is 706 g/mol. The maximum atomic E-state index is 14.7. The van der Waals surface area contributed by atoms with E-state index in [4.69, 9.17) is 4.55 Å². The number of aliphatic hydroxyl groups is 1. The van der Waals surface area contributed by atoms with Crippen molar-refractivity contribution in [3.8, 4) is 0 Å². The van der Waals surface area contributed by atoms with Crippen molar-refractivity contribution in [2.75, 3.05) is 20.7 Å². The summed E-state index contributed by atoms with van der Waals surface area (Å²) in [7, 11) is -1.13. The number of fused-ring (bicyclic) bond motifs is 7. The van der Waals surface area contributed by atoms with Crippen LogP contribution in [0.5, 0.6) is 0 Å². The van der Waals surface area contributed by atoms with Crippen LogP contribution in [-0.4, -0.2) is 72.7 Å². The third kappa shape index (κ3) is 5.86. The molecule has 9 nitrogen and oxygen atoms in total. The zero-order chi connectivity index (χ0) is 36.8. The Balaban J connectivity index is 0.000000717. The molecule has 6 rings (SSSR count). The van der Waals surface area contributed by atoms with Crippen molar-refractivity contribution in [3.63, 3.8) is 0 Å². The highest BCUT2D eigenvalue weighted by Gasteiger charge is 2.72. The molecule has 3 unspecified atom stereocenters. The topological polar surface area (TPSA) is 138 Å². The number of hydrogen-bond acceptors (Lipinski definition) is 8. The molecule has 1 heterocycles. The van der Waals surface area contributed by atoms with E-state index in [0.717, 1.165) is 65.0 Å². The molecule has 5 aliphatic carbocycles. The first kappa shape index (κ1) is 38.8. The fourth-order valence-corrected chi connectivity index (χ4v) is 12.7. The molecule has 4 saturated carbocycles. The maximum Gasteiger partial charge on any atom is 0.397 e. The molecule has 10 heteroatoms. The van der Waals surface area contributed by atoms with Crippen LogP contribution in [0.3, 0.4) is 0 Å². The van der Waals surface area contributed by atoms with Gasteiger partial charge in [-0.2, -0.15) is 8.42 Å². The molecular formula is C39H63NO8S. The lowest BCUT2D eigenvalue weighted by Gasteiger charge is -2.71. The van der Waals surface area contributed by atoms with Gasteiger partial charge in [0.2, 0.25) is 0 Å². The lowest BCUT2D eigenvalue weighted by molar-refractivity contribution is -0.226. The van der Waals surface area contributed by atoms with Gasteiger partial charge in [-0.25, -0.2) is 0 Å². The van der Waals surface area contributed by atoms with Crippen LogP contribution < -0.4 is 0 Å². The van der Waals surface area contributed by atoms with E-state index in [-0.39, 0.29) is 56.4 Å². The number of rotatable bonds is 5. The lowest BCUT2D eigenvalue weighted by atomic mass is 9.32. The van der Waals surface area contributed by atoms with Crippen molar-refractivity contribution in [2.45, 2.75) is 144 Å². The van der Waals surface area contributed by atoms with Crippen molar-refractivity contribution in [1.29, 1.82) is 0 Å². The van der Waals surface area contributed by atoms with Gasteiger partial charge >= 0.3 is 10.4 Å². The quantitative estimate of drug-likeness (QED) is 0.297. The highest BCUT2D eigenvalue weighted by molar-refractivity contribution is 7.80. The molecule has 5 fully saturated rings. The van der Waals surface area contributed by atoms with Gasteiger partial charge in [0.15, 0.2) is 11.6 Å². The third-order valence-electron chi connectivity index (χ3n) is 16.4. The molecular weight excluding hydrogens is 642 g/mol. The molecule has 0 aromatic rings. The number of carbonyl (C=O) groups excluding carboxylic acids is 3. The molecule has 0 radical (unpaired) electrons. The van der Waals surface area contributed by atoms with E-state index in [0.29, 0.717) is 31.1 Å². The lowest BCUT2D eigenvalue weighted by Crippen LogP contribution is -2.69. The highest BCUT2D eigenvalue weighted by Crippen LogP contribution is 2.75. The summed E-state index contributed by atoms with van der Waals surface area (Å²) in [6.07, 6.45) is 13.2. The van der Waals surface area contributed by atoms with Crippen LogP contribution in [0.25, 0.3) is 0 Å². The van der Waals surface area contributed by atoms with Crippen molar-refractivity contribution in [1.82, 2.24) is 4.90 Å². The van der Waals surface area contributed by atoms with Crippen LogP contribution in [-0.2, 0) is 29.0 Å². The second kappa shape index (κ2) is 12.3. The van der Waals surface area contributed by atoms with Crippen LogP contribution in [0.4, 0.5) is 0 Å². The summed E-state index contributed by atoms with van der Waals surface area (Å²) >= 11 is 0. The number of likely N-dealkylation sites (tertiary alicyclic amines) is 1. The minimum Gasteiger partial charge on any atom is -0.382 e. The zero-order valence-corrected chi connectivity index (χ0v) is 32.6. The van der Waals surface area contributed by atoms with E-state index in [2.05, 4.69) is 70.7 Å². The maximum absolute atomic E-state index is 14.7. The van der Waals surface area contributed by atoms with Gasteiger partial charge in [0.05, 0.1) is 7.11 Å². The van der Waals surface area contributed by atoms with Gasteiger partial charge in [0.1, 0.15) is 11.4 Å². The standard InChI is InChI=1S/C38H59NO4.CH4O4S/c1-24(40)38(43)19-17-35(6)29(32(38,2)3)12-13-37(8)31(35)28(41)22-26-27-23-34(5,30(42)21-25-11-10-20-39(25)9)15-14-33(27,4)16-18-36(26,37)7;1-5-6(2,3)4/h22,25,27,29,31,43H,10-21,23H2,1-9H3;1H3,(H,2,3,4)/t25?,27-,29?,31?,33-,34+,35+,36-,37-,38-;/m1./s1. The van der Waals surface area contributed by atoms with Gasteiger partial charge in [-0.15, -0.1) is 0 Å². The Labute approximate surface area is 295 Å². The minimum absolute atomic E-state index is 0.0985. The van der Waals surface area contributed by atoms with Crippen molar-refractivity contribution in [3.05, 3.63) is 11.6 Å². The summed E-state index contributed by atoms with van der Waals surface area (Å²) in [5.41, 5.74) is -1.35. The summed E-state index contributed by atoms with van der Waals surface area (Å²) in [4.78, 5) is 43.8. The van der Waals surface area contributed by atoms with Crippen molar-refractivity contribution in [2.24, 2.45) is 50.2 Å². The Hall–Kier alpha value is -1.46. The van der Waals surface area contributed by atoms with Crippen LogP contribution in [0.1, 0.15) is 132 Å². The molecule has 0 spiro atoms. The predicted molar refractivity (Wildman–Crippen MR) is 189 cm³/mol. The summed E-state index contributed by atoms with van der Waals surface area (Å²) in [5.74, 6) is 0.791. The third-order valence-corrected chi connectivity index (χ3v) is 16.8. The van der Waals surface area contributed by atoms with Crippen LogP contribution in [0.15, 0.2) is 11.6 Å². The monoisotopic (exact) mass is 705 g/mol. The molecule has 1 saturated heterocycles. The predicted octanol–water partition coefficient (Wildman–Crippen LogP) is 6.78. The molecule has 49 heavy (non-hydrogen) atoms.